The van der Waals surface area contributed by atoms with Crippen molar-refractivity contribution in [2.24, 2.45) is 0 Å². The Hall–Kier alpha value is -1.66. The zero-order chi connectivity index (χ0) is 21.1. The van der Waals surface area contributed by atoms with Gasteiger partial charge in [0.25, 0.3) is 0 Å². The third-order valence-electron chi connectivity index (χ3n) is 5.37. The SMILES string of the molecule is CS(=O)(=O)N1CC[C@@H](Nc2ncc3c(F)c(Cl)c(C4CC(F)(F)C4)n3n2)[C@H](F)C1. The van der Waals surface area contributed by atoms with Crippen LogP contribution in [0.1, 0.15) is 30.9 Å². The highest BCUT2D eigenvalue weighted by atomic mass is 35.5. The average Bonchev–Trinajstić information content (AvgIpc) is 2.84. The Balaban J connectivity index is 1.58. The molecule has 2 atom stereocenters. The van der Waals surface area contributed by atoms with Crippen molar-refractivity contribution in [2.75, 3.05) is 24.7 Å². The number of halogens is 5. The number of nitrogens with zero attached hydrogens (tertiary/aromatic N) is 4. The molecule has 7 nitrogen and oxygen atoms in total. The molecule has 2 aromatic rings. The lowest BCUT2D eigenvalue weighted by Crippen LogP contribution is -2.49. The zero-order valence-corrected chi connectivity index (χ0v) is 16.8. The van der Waals surface area contributed by atoms with Gasteiger partial charge in [0.05, 0.1) is 24.2 Å². The Bertz CT molecular complexity index is 1060. The van der Waals surface area contributed by atoms with E-state index in [1.807, 2.05) is 0 Å². The molecule has 4 rings (SSSR count). The summed E-state index contributed by atoms with van der Waals surface area (Å²) in [6.45, 7) is -0.170. The van der Waals surface area contributed by atoms with Crippen molar-refractivity contribution < 1.29 is 26.0 Å². The molecule has 0 aromatic carbocycles. The Kier molecular flexibility index (Phi) is 4.94. The lowest BCUT2D eigenvalue weighted by Gasteiger charge is -2.35. The quantitative estimate of drug-likeness (QED) is 0.717. The first-order valence-electron chi connectivity index (χ1n) is 8.92. The number of alkyl halides is 3. The van der Waals surface area contributed by atoms with E-state index >= 15 is 0 Å². The summed E-state index contributed by atoms with van der Waals surface area (Å²) >= 11 is 6.01. The van der Waals surface area contributed by atoms with Crippen LogP contribution >= 0.6 is 11.6 Å². The van der Waals surface area contributed by atoms with Crippen molar-refractivity contribution in [3.63, 3.8) is 0 Å². The molecule has 1 saturated carbocycles. The number of sulfonamides is 1. The van der Waals surface area contributed by atoms with Gasteiger partial charge in [0, 0.05) is 31.8 Å². The van der Waals surface area contributed by atoms with Crippen molar-refractivity contribution in [1.82, 2.24) is 18.9 Å². The summed E-state index contributed by atoms with van der Waals surface area (Å²) in [5.41, 5.74) is 0.0775. The largest absolute Gasteiger partial charge is 0.347 e. The van der Waals surface area contributed by atoms with Crippen molar-refractivity contribution in [3.8, 4) is 0 Å². The molecule has 0 unspecified atom stereocenters. The molecular weight excluding hydrogens is 438 g/mol. The van der Waals surface area contributed by atoms with Gasteiger partial charge in [0.1, 0.15) is 16.7 Å². The van der Waals surface area contributed by atoms with E-state index in [9.17, 15) is 26.0 Å². The number of hydrogen-bond acceptors (Lipinski definition) is 5. The Morgan fingerprint density at radius 3 is 2.62 bits per heavy atom. The maximum Gasteiger partial charge on any atom is 0.249 e. The molecule has 0 amide bonds. The van der Waals surface area contributed by atoms with E-state index in [1.165, 1.54) is 0 Å². The van der Waals surface area contributed by atoms with Crippen LogP contribution in [-0.2, 0) is 10.0 Å². The first-order chi connectivity index (χ1) is 13.5. The second-order valence-electron chi connectivity index (χ2n) is 7.53. The number of aromatic nitrogens is 3. The normalized spacial score (nSPS) is 25.9. The molecule has 1 saturated heterocycles. The third-order valence-corrected chi connectivity index (χ3v) is 7.00. The third kappa shape index (κ3) is 3.77. The summed E-state index contributed by atoms with van der Waals surface area (Å²) in [4.78, 5) is 3.96. The van der Waals surface area contributed by atoms with Gasteiger partial charge in [0.15, 0.2) is 5.82 Å². The fraction of sp³-hybridized carbons (Fsp3) is 0.625. The van der Waals surface area contributed by atoms with Gasteiger partial charge < -0.3 is 5.32 Å². The molecule has 2 fully saturated rings. The van der Waals surface area contributed by atoms with Crippen LogP contribution in [0, 0.1) is 5.82 Å². The van der Waals surface area contributed by atoms with Gasteiger partial charge in [-0.25, -0.2) is 35.5 Å². The molecule has 3 heterocycles. The Labute approximate surface area is 169 Å². The monoisotopic (exact) mass is 455 g/mol. The summed E-state index contributed by atoms with van der Waals surface area (Å²) in [5.74, 6) is -4.30. The molecule has 0 bridgehead atoms. The summed E-state index contributed by atoms with van der Waals surface area (Å²) in [6, 6.07) is -0.752. The molecule has 1 aliphatic heterocycles. The summed E-state index contributed by atoms with van der Waals surface area (Å²) in [6.07, 6.45) is -0.0790. The number of anilines is 1. The maximum atomic E-state index is 14.5. The van der Waals surface area contributed by atoms with Gasteiger partial charge in [-0.2, -0.15) is 4.31 Å². The van der Waals surface area contributed by atoms with Crippen LogP contribution in [0.5, 0.6) is 0 Å². The van der Waals surface area contributed by atoms with E-state index in [4.69, 9.17) is 11.6 Å². The van der Waals surface area contributed by atoms with Crippen LogP contribution in [0.15, 0.2) is 6.20 Å². The van der Waals surface area contributed by atoms with Gasteiger partial charge in [0.2, 0.25) is 21.9 Å². The van der Waals surface area contributed by atoms with Gasteiger partial charge in [-0.1, -0.05) is 11.6 Å². The fourth-order valence-corrected chi connectivity index (χ4v) is 4.96. The highest BCUT2D eigenvalue weighted by molar-refractivity contribution is 7.88. The predicted octanol–water partition coefficient (Wildman–Crippen LogP) is 2.82. The maximum absolute atomic E-state index is 14.5. The summed E-state index contributed by atoms with van der Waals surface area (Å²) in [7, 11) is -3.49. The molecule has 13 heteroatoms. The van der Waals surface area contributed by atoms with E-state index < -0.39 is 52.7 Å². The molecule has 29 heavy (non-hydrogen) atoms. The fourth-order valence-electron chi connectivity index (χ4n) is 3.78. The molecular formula is C16H18ClF4N5O2S. The van der Waals surface area contributed by atoms with Gasteiger partial charge in [-0.3, -0.25) is 0 Å². The van der Waals surface area contributed by atoms with E-state index in [1.54, 1.807) is 0 Å². The highest BCUT2D eigenvalue weighted by Crippen LogP contribution is 2.50. The van der Waals surface area contributed by atoms with Crippen LogP contribution in [0.4, 0.5) is 23.5 Å². The van der Waals surface area contributed by atoms with Gasteiger partial charge >= 0.3 is 0 Å². The lowest BCUT2D eigenvalue weighted by molar-refractivity contribution is -0.0878. The van der Waals surface area contributed by atoms with E-state index in [0.29, 0.717) is 0 Å². The van der Waals surface area contributed by atoms with E-state index in [2.05, 4.69) is 15.4 Å². The zero-order valence-electron chi connectivity index (χ0n) is 15.2. The lowest BCUT2D eigenvalue weighted by atomic mass is 9.79. The van der Waals surface area contributed by atoms with Crippen molar-refractivity contribution >= 4 is 33.1 Å². The average molecular weight is 456 g/mol. The van der Waals surface area contributed by atoms with Crippen LogP contribution in [-0.4, -0.2) is 64.8 Å². The van der Waals surface area contributed by atoms with Gasteiger partial charge in [-0.15, -0.1) is 5.10 Å². The topological polar surface area (TPSA) is 79.6 Å². The molecule has 0 radical (unpaired) electrons. The number of rotatable bonds is 4. The number of piperidine rings is 1. The van der Waals surface area contributed by atoms with Crippen LogP contribution in [0.2, 0.25) is 5.02 Å². The molecule has 160 valence electrons. The van der Waals surface area contributed by atoms with Crippen molar-refractivity contribution in [3.05, 3.63) is 22.7 Å². The Morgan fingerprint density at radius 1 is 1.34 bits per heavy atom. The van der Waals surface area contributed by atoms with E-state index in [0.717, 1.165) is 21.3 Å². The number of nitrogens with one attached hydrogen (secondary N) is 1. The van der Waals surface area contributed by atoms with Crippen molar-refractivity contribution in [1.29, 1.82) is 0 Å². The molecule has 2 aromatic heterocycles. The minimum Gasteiger partial charge on any atom is -0.347 e. The second kappa shape index (κ2) is 6.95. The smallest absolute Gasteiger partial charge is 0.249 e. The van der Waals surface area contributed by atoms with Crippen LogP contribution in [0.3, 0.4) is 0 Å². The highest BCUT2D eigenvalue weighted by Gasteiger charge is 2.48. The standard InChI is InChI=1S/C16H18ClF4N5O2S/c1-29(27,28)25-3-2-10(9(18)7-25)23-15-22-6-11-13(19)12(17)14(26(11)24-15)8-4-16(20,21)5-8/h6,8-10H,2-5,7H2,1H3,(H,23,24)/t9-,10-/m1/s1. The van der Waals surface area contributed by atoms with Crippen molar-refractivity contribution in [2.45, 2.75) is 43.3 Å². The van der Waals surface area contributed by atoms with Crippen LogP contribution < -0.4 is 5.32 Å². The number of fused-ring (bicyclic) bond motifs is 1. The first-order valence-corrected chi connectivity index (χ1v) is 11.1. The molecule has 0 spiro atoms. The number of hydrogen-bond donors (Lipinski definition) is 1. The van der Waals surface area contributed by atoms with Crippen LogP contribution in [0.25, 0.3) is 5.52 Å². The summed E-state index contributed by atoms with van der Waals surface area (Å²) < 4.78 is 80.7. The predicted molar refractivity (Wildman–Crippen MR) is 98.2 cm³/mol. The minimum absolute atomic E-state index is 0.0306. The first kappa shape index (κ1) is 20.6. The van der Waals surface area contributed by atoms with E-state index in [-0.39, 0.29) is 41.7 Å². The Morgan fingerprint density at radius 2 is 2.03 bits per heavy atom. The summed E-state index contributed by atoms with van der Waals surface area (Å²) in [5, 5.41) is 6.64. The molecule has 1 N–H and O–H groups in total. The second-order valence-corrected chi connectivity index (χ2v) is 9.89. The molecule has 2 aliphatic rings. The van der Waals surface area contributed by atoms with Gasteiger partial charge in [-0.05, 0) is 6.42 Å². The molecule has 1 aliphatic carbocycles. The minimum atomic E-state index is -3.49.